The van der Waals surface area contributed by atoms with Crippen molar-refractivity contribution in [2.45, 2.75) is 32.7 Å². The SMILES string of the molecule is CCCCCOc1ccc(NCc2ccccc2F)cc1. The third-order valence-electron chi connectivity index (χ3n) is 3.31. The van der Waals surface area contributed by atoms with Crippen molar-refractivity contribution in [3.05, 3.63) is 59.9 Å². The van der Waals surface area contributed by atoms with Crippen molar-refractivity contribution < 1.29 is 9.13 Å². The molecule has 2 nitrogen and oxygen atoms in total. The topological polar surface area (TPSA) is 21.3 Å². The van der Waals surface area contributed by atoms with Gasteiger partial charge in [0.2, 0.25) is 0 Å². The van der Waals surface area contributed by atoms with Gasteiger partial charge in [0, 0.05) is 17.8 Å². The van der Waals surface area contributed by atoms with E-state index < -0.39 is 0 Å². The van der Waals surface area contributed by atoms with Crippen molar-refractivity contribution in [2.75, 3.05) is 11.9 Å². The monoisotopic (exact) mass is 287 g/mol. The number of hydrogen-bond donors (Lipinski definition) is 1. The number of halogens is 1. The van der Waals surface area contributed by atoms with Gasteiger partial charge in [-0.25, -0.2) is 4.39 Å². The Morgan fingerprint density at radius 1 is 1.00 bits per heavy atom. The molecule has 2 rings (SSSR count). The van der Waals surface area contributed by atoms with E-state index in [1.807, 2.05) is 30.3 Å². The normalized spacial score (nSPS) is 10.4. The number of ether oxygens (including phenoxy) is 1. The van der Waals surface area contributed by atoms with Gasteiger partial charge in [0.1, 0.15) is 11.6 Å². The summed E-state index contributed by atoms with van der Waals surface area (Å²) in [5.41, 5.74) is 1.62. The van der Waals surface area contributed by atoms with Crippen molar-refractivity contribution in [3.63, 3.8) is 0 Å². The summed E-state index contributed by atoms with van der Waals surface area (Å²) in [6, 6.07) is 14.6. The molecular weight excluding hydrogens is 265 g/mol. The minimum absolute atomic E-state index is 0.180. The number of unbranched alkanes of at least 4 members (excludes halogenated alkanes) is 2. The highest BCUT2D eigenvalue weighted by atomic mass is 19.1. The van der Waals surface area contributed by atoms with Crippen LogP contribution in [0, 0.1) is 5.82 Å². The Labute approximate surface area is 126 Å². The van der Waals surface area contributed by atoms with Gasteiger partial charge in [0.15, 0.2) is 0 Å². The summed E-state index contributed by atoms with van der Waals surface area (Å²) in [7, 11) is 0. The lowest BCUT2D eigenvalue weighted by molar-refractivity contribution is 0.306. The molecule has 112 valence electrons. The Hall–Kier alpha value is -2.03. The summed E-state index contributed by atoms with van der Waals surface area (Å²) >= 11 is 0. The average Bonchev–Trinajstić information content (AvgIpc) is 2.52. The number of anilines is 1. The van der Waals surface area contributed by atoms with Crippen LogP contribution in [0.2, 0.25) is 0 Å². The Morgan fingerprint density at radius 3 is 2.48 bits per heavy atom. The second-order valence-corrected chi connectivity index (χ2v) is 5.02. The van der Waals surface area contributed by atoms with Gasteiger partial charge < -0.3 is 10.1 Å². The van der Waals surface area contributed by atoms with Crippen LogP contribution in [0.1, 0.15) is 31.7 Å². The van der Waals surface area contributed by atoms with Crippen LogP contribution in [0.3, 0.4) is 0 Å². The Kier molecular flexibility index (Phi) is 6.07. The lowest BCUT2D eigenvalue weighted by Gasteiger charge is -2.09. The van der Waals surface area contributed by atoms with Gasteiger partial charge >= 0.3 is 0 Å². The quantitative estimate of drug-likeness (QED) is 0.689. The minimum Gasteiger partial charge on any atom is -0.494 e. The predicted octanol–water partition coefficient (Wildman–Crippen LogP) is 5.01. The Balaban J connectivity index is 1.81. The number of hydrogen-bond acceptors (Lipinski definition) is 2. The summed E-state index contributed by atoms with van der Waals surface area (Å²) in [5, 5.41) is 3.21. The van der Waals surface area contributed by atoms with Crippen molar-refractivity contribution >= 4 is 5.69 Å². The fourth-order valence-corrected chi connectivity index (χ4v) is 2.05. The van der Waals surface area contributed by atoms with Gasteiger partial charge in [0.05, 0.1) is 6.61 Å². The largest absolute Gasteiger partial charge is 0.494 e. The van der Waals surface area contributed by atoms with Crippen molar-refractivity contribution in [2.24, 2.45) is 0 Å². The smallest absolute Gasteiger partial charge is 0.128 e. The highest BCUT2D eigenvalue weighted by Gasteiger charge is 2.00. The second-order valence-electron chi connectivity index (χ2n) is 5.02. The zero-order valence-electron chi connectivity index (χ0n) is 12.4. The first-order valence-electron chi connectivity index (χ1n) is 7.49. The first-order valence-corrected chi connectivity index (χ1v) is 7.49. The van der Waals surface area contributed by atoms with E-state index in [-0.39, 0.29) is 5.82 Å². The fourth-order valence-electron chi connectivity index (χ4n) is 2.05. The molecular formula is C18H22FNO. The highest BCUT2D eigenvalue weighted by Crippen LogP contribution is 2.17. The van der Waals surface area contributed by atoms with Crippen LogP contribution in [0.15, 0.2) is 48.5 Å². The van der Waals surface area contributed by atoms with Crippen molar-refractivity contribution in [3.8, 4) is 5.75 Å². The second kappa shape index (κ2) is 8.30. The average molecular weight is 287 g/mol. The van der Waals surface area contributed by atoms with Gasteiger partial charge in [-0.15, -0.1) is 0 Å². The molecule has 0 aromatic heterocycles. The molecule has 0 radical (unpaired) electrons. The van der Waals surface area contributed by atoms with Crippen molar-refractivity contribution in [1.29, 1.82) is 0 Å². The van der Waals surface area contributed by atoms with Crippen molar-refractivity contribution in [1.82, 2.24) is 0 Å². The predicted molar refractivity (Wildman–Crippen MR) is 85.2 cm³/mol. The van der Waals surface area contributed by atoms with Crippen LogP contribution < -0.4 is 10.1 Å². The van der Waals surface area contributed by atoms with E-state index in [4.69, 9.17) is 4.74 Å². The van der Waals surface area contributed by atoms with Crippen LogP contribution in [-0.4, -0.2) is 6.61 Å². The standard InChI is InChI=1S/C18H22FNO/c1-2-3-6-13-21-17-11-9-16(10-12-17)20-14-15-7-4-5-8-18(15)19/h4-5,7-12,20H,2-3,6,13-14H2,1H3. The van der Waals surface area contributed by atoms with Crippen LogP contribution in [-0.2, 0) is 6.54 Å². The number of rotatable bonds is 8. The van der Waals surface area contributed by atoms with E-state index >= 15 is 0 Å². The molecule has 0 bridgehead atoms. The molecule has 0 spiro atoms. The molecule has 0 saturated heterocycles. The van der Waals surface area contributed by atoms with Gasteiger partial charge in [-0.1, -0.05) is 38.0 Å². The van der Waals surface area contributed by atoms with E-state index in [0.717, 1.165) is 24.5 Å². The third-order valence-corrected chi connectivity index (χ3v) is 3.31. The van der Waals surface area contributed by atoms with Gasteiger partial charge in [-0.2, -0.15) is 0 Å². The summed E-state index contributed by atoms with van der Waals surface area (Å²) in [6.07, 6.45) is 3.48. The van der Waals surface area contributed by atoms with E-state index in [2.05, 4.69) is 12.2 Å². The maximum atomic E-state index is 13.5. The first kappa shape index (κ1) is 15.4. The van der Waals surface area contributed by atoms with E-state index in [0.29, 0.717) is 12.1 Å². The lowest BCUT2D eigenvalue weighted by Crippen LogP contribution is -2.02. The van der Waals surface area contributed by atoms with Crippen LogP contribution in [0.4, 0.5) is 10.1 Å². The molecule has 2 aromatic carbocycles. The summed E-state index contributed by atoms with van der Waals surface area (Å²) in [6.45, 7) is 3.41. The number of benzene rings is 2. The summed E-state index contributed by atoms with van der Waals surface area (Å²) in [4.78, 5) is 0. The van der Waals surface area contributed by atoms with Gasteiger partial charge in [0.25, 0.3) is 0 Å². The zero-order valence-corrected chi connectivity index (χ0v) is 12.4. The highest BCUT2D eigenvalue weighted by molar-refractivity contribution is 5.46. The number of nitrogens with one attached hydrogen (secondary N) is 1. The van der Waals surface area contributed by atoms with Gasteiger partial charge in [-0.05, 0) is 36.8 Å². The molecule has 0 aliphatic heterocycles. The minimum atomic E-state index is -0.180. The third kappa shape index (κ3) is 5.10. The molecule has 0 amide bonds. The maximum Gasteiger partial charge on any atom is 0.128 e. The fraction of sp³-hybridized carbons (Fsp3) is 0.333. The van der Waals surface area contributed by atoms with E-state index in [1.165, 1.54) is 18.9 Å². The van der Waals surface area contributed by atoms with E-state index in [9.17, 15) is 4.39 Å². The Morgan fingerprint density at radius 2 is 1.76 bits per heavy atom. The lowest BCUT2D eigenvalue weighted by atomic mass is 10.2. The summed E-state index contributed by atoms with van der Waals surface area (Å²) < 4.78 is 19.2. The molecule has 3 heteroatoms. The molecule has 1 N–H and O–H groups in total. The maximum absolute atomic E-state index is 13.5. The van der Waals surface area contributed by atoms with Crippen LogP contribution in [0.5, 0.6) is 5.75 Å². The molecule has 0 aliphatic carbocycles. The van der Waals surface area contributed by atoms with Gasteiger partial charge in [-0.3, -0.25) is 0 Å². The molecule has 0 fully saturated rings. The Bertz CT molecular complexity index is 539. The van der Waals surface area contributed by atoms with Crippen LogP contribution in [0.25, 0.3) is 0 Å². The molecule has 21 heavy (non-hydrogen) atoms. The summed E-state index contributed by atoms with van der Waals surface area (Å²) in [5.74, 6) is 0.698. The molecule has 0 saturated carbocycles. The molecule has 0 atom stereocenters. The molecule has 2 aromatic rings. The van der Waals surface area contributed by atoms with E-state index in [1.54, 1.807) is 12.1 Å². The molecule has 0 unspecified atom stereocenters. The molecule has 0 heterocycles. The zero-order chi connectivity index (χ0) is 14.9. The van der Waals surface area contributed by atoms with Crippen LogP contribution >= 0.6 is 0 Å². The first-order chi connectivity index (χ1) is 10.3. The molecule has 0 aliphatic rings.